The lowest BCUT2D eigenvalue weighted by atomic mass is 9.56. The van der Waals surface area contributed by atoms with Gasteiger partial charge in [0.2, 0.25) is 0 Å². The number of nitrogens with one attached hydrogen (secondary N) is 2. The number of fused-ring (bicyclic) bond motifs is 1. The molecule has 1 aliphatic carbocycles. The minimum Gasteiger partial charge on any atom is -0.497 e. The molecule has 4 nitrogen and oxygen atoms in total. The quantitative estimate of drug-likeness (QED) is 0.677. The molecule has 2 aromatic rings. The van der Waals surface area contributed by atoms with E-state index in [0.29, 0.717) is 13.0 Å². The molecule has 26 heavy (non-hydrogen) atoms. The average Bonchev–Trinajstić information content (AvgIpc) is 2.60. The van der Waals surface area contributed by atoms with Gasteiger partial charge in [0.05, 0.1) is 12.8 Å². The fourth-order valence-electron chi connectivity index (χ4n) is 3.64. The van der Waals surface area contributed by atoms with E-state index in [0.717, 1.165) is 27.0 Å². The van der Waals surface area contributed by atoms with Crippen molar-refractivity contribution < 1.29 is 9.53 Å². The predicted molar refractivity (Wildman–Crippen MR) is 109 cm³/mol. The minimum atomic E-state index is -0.219. The molecule has 0 aliphatic heterocycles. The molecule has 1 aliphatic rings. The Morgan fingerprint density at radius 3 is 2.62 bits per heavy atom. The number of hydrogen-bond acceptors (Lipinski definition) is 4. The summed E-state index contributed by atoms with van der Waals surface area (Å²) >= 11 is 3.55. The Hall–Kier alpha value is -1.85. The maximum atomic E-state index is 12.8. The van der Waals surface area contributed by atoms with Crippen molar-refractivity contribution in [3.8, 4) is 5.75 Å². The lowest BCUT2D eigenvalue weighted by Crippen LogP contribution is -2.51. The molecule has 138 valence electrons. The van der Waals surface area contributed by atoms with E-state index in [4.69, 9.17) is 4.74 Å². The summed E-state index contributed by atoms with van der Waals surface area (Å²) in [4.78, 5) is 12.8. The third-order valence-electron chi connectivity index (χ3n) is 5.81. The fraction of sp³-hybridized carbons (Fsp3) is 0.381. The summed E-state index contributed by atoms with van der Waals surface area (Å²) in [7, 11) is 1.65. The van der Waals surface area contributed by atoms with Crippen LogP contribution in [0, 0.1) is 5.41 Å². The Morgan fingerprint density at radius 1 is 1.15 bits per heavy atom. The molecule has 2 N–H and O–H groups in total. The van der Waals surface area contributed by atoms with Gasteiger partial charge in [-0.25, -0.2) is 5.43 Å². The predicted octanol–water partition coefficient (Wildman–Crippen LogP) is 4.94. The Labute approximate surface area is 163 Å². The molecule has 2 aromatic carbocycles. The number of halogens is 1. The van der Waals surface area contributed by atoms with Gasteiger partial charge in [-0.15, -0.1) is 0 Å². The average molecular weight is 417 g/mol. The Morgan fingerprint density at radius 2 is 1.88 bits per heavy atom. The Kier molecular flexibility index (Phi) is 5.13. The molecular formula is C21H25BrN2O2. The molecule has 0 saturated carbocycles. The molecule has 0 heterocycles. The topological polar surface area (TPSA) is 50.4 Å². The van der Waals surface area contributed by atoms with Crippen LogP contribution in [0.15, 0.2) is 46.9 Å². The number of methoxy groups -OCH3 is 1. The number of rotatable bonds is 5. The van der Waals surface area contributed by atoms with Crippen LogP contribution >= 0.6 is 15.9 Å². The highest BCUT2D eigenvalue weighted by Gasteiger charge is 2.49. The molecule has 0 aromatic heterocycles. The van der Waals surface area contributed by atoms with Crippen molar-refractivity contribution >= 4 is 27.4 Å². The van der Waals surface area contributed by atoms with Crippen LogP contribution in [0.4, 0.5) is 5.69 Å². The van der Waals surface area contributed by atoms with Gasteiger partial charge in [0.1, 0.15) is 5.75 Å². The third-order valence-corrected chi connectivity index (χ3v) is 6.47. The first-order chi connectivity index (χ1) is 12.3. The molecule has 0 fully saturated rings. The zero-order chi connectivity index (χ0) is 18.9. The number of benzene rings is 2. The van der Waals surface area contributed by atoms with E-state index in [1.165, 1.54) is 0 Å². The smallest absolute Gasteiger partial charge is 0.164 e. The summed E-state index contributed by atoms with van der Waals surface area (Å²) < 4.78 is 6.14. The van der Waals surface area contributed by atoms with Gasteiger partial charge in [-0.1, -0.05) is 54.9 Å². The second kappa shape index (κ2) is 7.05. The van der Waals surface area contributed by atoms with Crippen molar-refractivity contribution in [1.29, 1.82) is 0 Å². The van der Waals surface area contributed by atoms with Crippen molar-refractivity contribution in [1.82, 2.24) is 5.43 Å². The zero-order valence-electron chi connectivity index (χ0n) is 15.7. The zero-order valence-corrected chi connectivity index (χ0v) is 17.2. The number of hydrazine groups is 1. The summed E-state index contributed by atoms with van der Waals surface area (Å²) in [6.07, 6.45) is 0.502. The van der Waals surface area contributed by atoms with E-state index < -0.39 is 0 Å². The van der Waals surface area contributed by atoms with E-state index in [-0.39, 0.29) is 16.6 Å². The van der Waals surface area contributed by atoms with Crippen LogP contribution in [-0.4, -0.2) is 19.4 Å². The number of Topliss-reactive ketones (excluding diaryl/α,β-unsaturated/α-hetero) is 1. The number of carbonyl (C=O) groups excluding carboxylic acids is 1. The molecule has 1 unspecified atom stereocenters. The first kappa shape index (κ1) is 18.9. The minimum absolute atomic E-state index is 0.150. The maximum Gasteiger partial charge on any atom is 0.164 e. The number of carbonyl (C=O) groups is 1. The van der Waals surface area contributed by atoms with Crippen molar-refractivity contribution in [2.24, 2.45) is 5.41 Å². The number of ketones is 1. The molecule has 0 bridgehead atoms. The highest BCUT2D eigenvalue weighted by atomic mass is 79.9. The molecule has 0 spiro atoms. The molecule has 1 atom stereocenters. The normalized spacial score (nSPS) is 21.2. The number of ether oxygens (including phenoxy) is 1. The van der Waals surface area contributed by atoms with Crippen molar-refractivity contribution in [3.05, 3.63) is 58.1 Å². The Bertz CT molecular complexity index is 835. The van der Waals surface area contributed by atoms with Gasteiger partial charge in [-0.2, -0.15) is 0 Å². The molecule has 0 radical (unpaired) electrons. The molecular weight excluding hydrogens is 392 g/mol. The molecule has 5 heteroatoms. The summed E-state index contributed by atoms with van der Waals surface area (Å²) in [5.74, 6) is 0.993. The summed E-state index contributed by atoms with van der Waals surface area (Å²) in [5.41, 5.74) is 9.04. The second-order valence-electron chi connectivity index (χ2n) is 7.66. The van der Waals surface area contributed by atoms with E-state index in [1.807, 2.05) is 36.4 Å². The highest BCUT2D eigenvalue weighted by Crippen LogP contribution is 2.50. The molecule has 0 saturated heterocycles. The van der Waals surface area contributed by atoms with E-state index >= 15 is 0 Å². The Balaban J connectivity index is 1.80. The van der Waals surface area contributed by atoms with Gasteiger partial charge in [0.25, 0.3) is 0 Å². The third kappa shape index (κ3) is 3.26. The van der Waals surface area contributed by atoms with Crippen molar-refractivity contribution in [2.75, 3.05) is 19.1 Å². The van der Waals surface area contributed by atoms with Gasteiger partial charge >= 0.3 is 0 Å². The van der Waals surface area contributed by atoms with E-state index in [9.17, 15) is 4.79 Å². The van der Waals surface area contributed by atoms with Crippen LogP contribution in [0.25, 0.3) is 0 Å². The lowest BCUT2D eigenvalue weighted by molar-refractivity contribution is 0.0770. The van der Waals surface area contributed by atoms with Crippen LogP contribution < -0.4 is 15.6 Å². The highest BCUT2D eigenvalue weighted by molar-refractivity contribution is 9.10. The van der Waals surface area contributed by atoms with Crippen molar-refractivity contribution in [3.63, 3.8) is 0 Å². The summed E-state index contributed by atoms with van der Waals surface area (Å²) in [5, 5.41) is 0. The van der Waals surface area contributed by atoms with Gasteiger partial charge in [-0.3, -0.25) is 4.79 Å². The molecule has 3 rings (SSSR count). The van der Waals surface area contributed by atoms with Crippen LogP contribution in [0.5, 0.6) is 5.75 Å². The van der Waals surface area contributed by atoms with E-state index in [2.05, 4.69) is 53.6 Å². The van der Waals surface area contributed by atoms with Crippen LogP contribution in [0.2, 0.25) is 0 Å². The van der Waals surface area contributed by atoms with Crippen LogP contribution in [0.1, 0.15) is 43.1 Å². The van der Waals surface area contributed by atoms with Crippen molar-refractivity contribution in [2.45, 2.75) is 32.6 Å². The van der Waals surface area contributed by atoms with E-state index in [1.54, 1.807) is 7.11 Å². The second-order valence-corrected chi connectivity index (χ2v) is 8.51. The van der Waals surface area contributed by atoms with Gasteiger partial charge in [-0.05, 0) is 34.6 Å². The van der Waals surface area contributed by atoms with Crippen LogP contribution in [0.3, 0.4) is 0 Å². The fourth-order valence-corrected chi connectivity index (χ4v) is 4.23. The van der Waals surface area contributed by atoms with Gasteiger partial charge in [0, 0.05) is 29.1 Å². The monoisotopic (exact) mass is 416 g/mol. The first-order valence-electron chi connectivity index (χ1n) is 8.74. The SMILES string of the molecule is COc1cccc(NNCC2(C)CC(=O)c3c(Br)cccc3C2(C)C)c1. The first-order valence-corrected chi connectivity index (χ1v) is 9.53. The maximum absolute atomic E-state index is 12.8. The number of hydrogen-bond donors (Lipinski definition) is 2. The van der Waals surface area contributed by atoms with Gasteiger partial charge < -0.3 is 10.2 Å². The van der Waals surface area contributed by atoms with Gasteiger partial charge in [0.15, 0.2) is 5.78 Å². The standard InChI is InChI=1S/C21H25BrN2O2/c1-20(2)16-9-6-10-17(22)19(16)18(25)12-21(20,3)13-23-24-14-7-5-8-15(11-14)26-4/h5-11,23-24H,12-13H2,1-4H3. The molecule has 0 amide bonds. The summed E-state index contributed by atoms with van der Waals surface area (Å²) in [6.45, 7) is 7.28. The number of anilines is 1. The lowest BCUT2D eigenvalue weighted by Gasteiger charge is -2.48. The van der Waals surface area contributed by atoms with Crippen LogP contribution in [-0.2, 0) is 5.41 Å². The largest absolute Gasteiger partial charge is 0.497 e. The summed E-state index contributed by atoms with van der Waals surface area (Å²) in [6, 6.07) is 13.8.